The Morgan fingerprint density at radius 1 is 1.50 bits per heavy atom. The molecule has 112 valence electrons. The van der Waals surface area contributed by atoms with Crippen molar-refractivity contribution in [2.75, 3.05) is 6.61 Å². The van der Waals surface area contributed by atoms with E-state index in [9.17, 15) is 22.9 Å². The van der Waals surface area contributed by atoms with Gasteiger partial charge in [-0.1, -0.05) is 6.92 Å². The smallest absolute Gasteiger partial charge is 0.306 e. The van der Waals surface area contributed by atoms with E-state index in [-0.39, 0.29) is 10.5 Å². The second kappa shape index (κ2) is 6.25. The molecule has 0 aliphatic rings. The number of aryl methyl sites for hydroxylation is 1. The molecule has 0 amide bonds. The number of halogens is 1. The number of nitro benzene ring substituents is 1. The first kappa shape index (κ1) is 16.5. The molecule has 1 aromatic carbocycles. The molecule has 0 radical (unpaired) electrons. The van der Waals surface area contributed by atoms with Gasteiger partial charge in [0.15, 0.2) is 0 Å². The van der Waals surface area contributed by atoms with Crippen LogP contribution in [0.3, 0.4) is 0 Å². The summed E-state index contributed by atoms with van der Waals surface area (Å²) in [5.41, 5.74) is -0.860. The van der Waals surface area contributed by atoms with Crippen molar-refractivity contribution in [1.82, 2.24) is 4.72 Å². The number of nitrogens with one attached hydrogen (secondary N) is 1. The monoisotopic (exact) mass is 306 g/mol. The fourth-order valence-corrected chi connectivity index (χ4v) is 3.16. The molecule has 0 unspecified atom stereocenters. The quantitative estimate of drug-likeness (QED) is 0.604. The number of sulfonamides is 1. The lowest BCUT2D eigenvalue weighted by Gasteiger charge is -2.15. The molecule has 0 bridgehead atoms. The van der Waals surface area contributed by atoms with Crippen LogP contribution in [0.25, 0.3) is 0 Å². The zero-order valence-electron chi connectivity index (χ0n) is 11.0. The average molecular weight is 306 g/mol. The summed E-state index contributed by atoms with van der Waals surface area (Å²) in [6.07, 6.45) is 0.345. The van der Waals surface area contributed by atoms with Crippen molar-refractivity contribution in [3.05, 3.63) is 33.6 Å². The lowest BCUT2D eigenvalue weighted by atomic mass is 10.2. The van der Waals surface area contributed by atoms with Gasteiger partial charge >= 0.3 is 5.69 Å². The molecule has 0 fully saturated rings. The van der Waals surface area contributed by atoms with Crippen molar-refractivity contribution in [3.8, 4) is 0 Å². The highest BCUT2D eigenvalue weighted by Gasteiger charge is 2.25. The Balaban J connectivity index is 3.31. The van der Waals surface area contributed by atoms with E-state index >= 15 is 0 Å². The number of aliphatic hydroxyl groups is 1. The van der Waals surface area contributed by atoms with Gasteiger partial charge in [-0.3, -0.25) is 10.1 Å². The van der Waals surface area contributed by atoms with E-state index in [4.69, 9.17) is 5.11 Å². The normalized spacial score (nSPS) is 13.2. The highest BCUT2D eigenvalue weighted by Crippen LogP contribution is 2.25. The molecule has 9 heteroatoms. The van der Waals surface area contributed by atoms with Gasteiger partial charge in [-0.2, -0.15) is 4.39 Å². The molecule has 1 atom stereocenters. The number of hydrogen-bond acceptors (Lipinski definition) is 5. The number of nitro groups is 1. The van der Waals surface area contributed by atoms with Gasteiger partial charge in [0, 0.05) is 12.1 Å². The van der Waals surface area contributed by atoms with Crippen molar-refractivity contribution in [2.24, 2.45) is 0 Å². The SMILES string of the molecule is CC[C@H](CO)NS(=O)(=O)c1cc([N+](=O)[O-])c(F)cc1C. The summed E-state index contributed by atoms with van der Waals surface area (Å²) in [7, 11) is -4.07. The van der Waals surface area contributed by atoms with E-state index in [0.717, 1.165) is 6.07 Å². The van der Waals surface area contributed by atoms with Gasteiger partial charge in [0.05, 0.1) is 16.4 Å². The van der Waals surface area contributed by atoms with Crippen molar-refractivity contribution in [1.29, 1.82) is 0 Å². The van der Waals surface area contributed by atoms with Crippen molar-refractivity contribution in [2.45, 2.75) is 31.2 Å². The summed E-state index contributed by atoms with van der Waals surface area (Å²) in [6.45, 7) is 2.60. The Morgan fingerprint density at radius 3 is 2.55 bits per heavy atom. The third-order valence-corrected chi connectivity index (χ3v) is 4.43. The molecule has 1 rings (SSSR count). The van der Waals surface area contributed by atoms with Gasteiger partial charge in [0.2, 0.25) is 15.8 Å². The van der Waals surface area contributed by atoms with Gasteiger partial charge in [0.1, 0.15) is 0 Å². The minimum absolute atomic E-state index is 0.0494. The zero-order valence-corrected chi connectivity index (χ0v) is 11.8. The molecular weight excluding hydrogens is 291 g/mol. The van der Waals surface area contributed by atoms with E-state index in [1.165, 1.54) is 6.92 Å². The molecule has 0 spiro atoms. The summed E-state index contributed by atoms with van der Waals surface area (Å²) < 4.78 is 39.8. The number of nitrogens with zero attached hydrogens (tertiary/aromatic N) is 1. The van der Waals surface area contributed by atoms with Gasteiger partial charge in [-0.05, 0) is 25.0 Å². The van der Waals surface area contributed by atoms with Crippen LogP contribution in [0.1, 0.15) is 18.9 Å². The number of rotatable bonds is 6. The van der Waals surface area contributed by atoms with Gasteiger partial charge in [0.25, 0.3) is 0 Å². The highest BCUT2D eigenvalue weighted by atomic mass is 32.2. The van der Waals surface area contributed by atoms with Crippen LogP contribution in [-0.4, -0.2) is 31.1 Å². The summed E-state index contributed by atoms with van der Waals surface area (Å²) in [5, 5.41) is 19.7. The van der Waals surface area contributed by atoms with Crippen molar-refractivity contribution in [3.63, 3.8) is 0 Å². The van der Waals surface area contributed by atoms with Crippen LogP contribution in [-0.2, 0) is 10.0 Å². The molecule has 1 aromatic rings. The van der Waals surface area contributed by atoms with Crippen LogP contribution in [0.4, 0.5) is 10.1 Å². The topological polar surface area (TPSA) is 110 Å². The van der Waals surface area contributed by atoms with Gasteiger partial charge in [-0.15, -0.1) is 0 Å². The summed E-state index contributed by atoms with van der Waals surface area (Å²) in [4.78, 5) is 9.29. The molecular formula is C11H15FN2O5S. The Kier molecular flexibility index (Phi) is 5.15. The predicted molar refractivity (Wildman–Crippen MR) is 69.3 cm³/mol. The van der Waals surface area contributed by atoms with Crippen molar-refractivity contribution < 1.29 is 22.8 Å². The Hall–Kier alpha value is -1.58. The van der Waals surface area contributed by atoms with Gasteiger partial charge < -0.3 is 5.11 Å². The zero-order chi connectivity index (χ0) is 15.5. The van der Waals surface area contributed by atoms with E-state index in [0.29, 0.717) is 12.5 Å². The first-order valence-electron chi connectivity index (χ1n) is 5.80. The number of aliphatic hydroxyl groups excluding tert-OH is 1. The maximum atomic E-state index is 13.4. The number of hydrogen-bond donors (Lipinski definition) is 2. The standard InChI is InChI=1S/C11H15FN2O5S/c1-3-8(6-15)13-20(18,19)11-5-10(14(16)17)9(12)4-7(11)2/h4-5,8,13,15H,3,6H2,1-2H3/t8-/m1/s1. The van der Waals surface area contributed by atoms with E-state index in [2.05, 4.69) is 4.72 Å². The summed E-state index contributed by atoms with van der Waals surface area (Å²) in [5.74, 6) is -1.10. The van der Waals surface area contributed by atoms with Crippen LogP contribution in [0.5, 0.6) is 0 Å². The highest BCUT2D eigenvalue weighted by molar-refractivity contribution is 7.89. The molecule has 20 heavy (non-hydrogen) atoms. The number of benzene rings is 1. The molecule has 7 nitrogen and oxygen atoms in total. The molecule has 0 saturated carbocycles. The largest absolute Gasteiger partial charge is 0.395 e. The lowest BCUT2D eigenvalue weighted by Crippen LogP contribution is -2.37. The summed E-state index contributed by atoms with van der Waals surface area (Å²) >= 11 is 0. The van der Waals surface area contributed by atoms with Gasteiger partial charge in [-0.25, -0.2) is 13.1 Å². The molecule has 0 aromatic heterocycles. The summed E-state index contributed by atoms with van der Waals surface area (Å²) in [6, 6.07) is 0.771. The molecule has 0 heterocycles. The second-order valence-corrected chi connectivity index (χ2v) is 5.92. The van der Waals surface area contributed by atoms with Crippen LogP contribution in [0.2, 0.25) is 0 Å². The average Bonchev–Trinajstić information content (AvgIpc) is 2.35. The maximum absolute atomic E-state index is 13.4. The minimum atomic E-state index is -4.07. The Morgan fingerprint density at radius 2 is 2.10 bits per heavy atom. The fraction of sp³-hybridized carbons (Fsp3) is 0.455. The molecule has 0 saturated heterocycles. The van der Waals surface area contributed by atoms with E-state index < -0.39 is 39.1 Å². The fourth-order valence-electron chi connectivity index (χ4n) is 1.60. The maximum Gasteiger partial charge on any atom is 0.306 e. The third kappa shape index (κ3) is 3.50. The molecule has 2 N–H and O–H groups in total. The van der Waals surface area contributed by atoms with E-state index in [1.54, 1.807) is 6.92 Å². The van der Waals surface area contributed by atoms with E-state index in [1.807, 2.05) is 0 Å². The van der Waals surface area contributed by atoms with Crippen molar-refractivity contribution >= 4 is 15.7 Å². The van der Waals surface area contributed by atoms with Crippen LogP contribution < -0.4 is 4.72 Å². The second-order valence-electron chi connectivity index (χ2n) is 4.24. The Bertz CT molecular complexity index is 613. The van der Waals surface area contributed by atoms with Crippen LogP contribution in [0.15, 0.2) is 17.0 Å². The predicted octanol–water partition coefficient (Wildman–Crippen LogP) is 1.09. The third-order valence-electron chi connectivity index (χ3n) is 2.77. The first-order chi connectivity index (χ1) is 9.22. The Labute approximate surface area is 115 Å². The molecule has 0 aliphatic carbocycles. The first-order valence-corrected chi connectivity index (χ1v) is 7.29. The minimum Gasteiger partial charge on any atom is -0.395 e. The lowest BCUT2D eigenvalue weighted by molar-refractivity contribution is -0.387. The van der Waals surface area contributed by atoms with Crippen LogP contribution >= 0.6 is 0 Å². The van der Waals surface area contributed by atoms with Crippen LogP contribution in [0, 0.1) is 22.9 Å². The molecule has 0 aliphatic heterocycles.